The highest BCUT2D eigenvalue weighted by Gasteiger charge is 2.27. The van der Waals surface area contributed by atoms with Gasteiger partial charge in [0.05, 0.1) is 11.8 Å². The summed E-state index contributed by atoms with van der Waals surface area (Å²) in [4.78, 5) is 27.9. The summed E-state index contributed by atoms with van der Waals surface area (Å²) >= 11 is 0. The average Bonchev–Trinajstić information content (AvgIpc) is 2.84. The van der Waals surface area contributed by atoms with Gasteiger partial charge in [0.2, 0.25) is 0 Å². The summed E-state index contributed by atoms with van der Waals surface area (Å²) in [5.74, 6) is -1.39. The molecular weight excluding hydrogens is 251 g/mol. The Labute approximate surface area is 110 Å². The quantitative estimate of drug-likeness (QED) is 0.897. The minimum atomic E-state index is -0.820. The topological polar surface area (TPSA) is 70.5 Å². The van der Waals surface area contributed by atoms with E-state index >= 15 is 0 Å². The number of carboxylic acid groups (broad SMARTS) is 1. The van der Waals surface area contributed by atoms with Crippen LogP contribution in [0.1, 0.15) is 29.6 Å². The first-order valence-corrected chi connectivity index (χ1v) is 6.18. The molecule has 1 saturated heterocycles. The van der Waals surface area contributed by atoms with E-state index in [1.165, 1.54) is 12.3 Å². The van der Waals surface area contributed by atoms with Crippen molar-refractivity contribution in [2.24, 2.45) is 5.92 Å². The van der Waals surface area contributed by atoms with Crippen LogP contribution in [0, 0.1) is 11.7 Å². The van der Waals surface area contributed by atoms with Gasteiger partial charge >= 0.3 is 5.97 Å². The Hall–Kier alpha value is -1.98. The molecule has 0 aromatic carbocycles. The van der Waals surface area contributed by atoms with Gasteiger partial charge < -0.3 is 10.0 Å². The van der Waals surface area contributed by atoms with E-state index in [2.05, 4.69) is 4.98 Å². The zero-order chi connectivity index (χ0) is 13.8. The third-order valence-electron chi connectivity index (χ3n) is 3.29. The summed E-state index contributed by atoms with van der Waals surface area (Å²) in [5, 5.41) is 8.63. The first kappa shape index (κ1) is 13.5. The third-order valence-corrected chi connectivity index (χ3v) is 3.29. The minimum Gasteiger partial charge on any atom is -0.481 e. The van der Waals surface area contributed by atoms with Crippen molar-refractivity contribution in [1.29, 1.82) is 0 Å². The highest BCUT2D eigenvalue weighted by molar-refractivity contribution is 5.94. The van der Waals surface area contributed by atoms with Crippen LogP contribution in [0.3, 0.4) is 0 Å². The first-order valence-electron chi connectivity index (χ1n) is 6.18. The van der Waals surface area contributed by atoms with Crippen molar-refractivity contribution in [2.75, 3.05) is 13.1 Å². The van der Waals surface area contributed by atoms with Gasteiger partial charge in [-0.2, -0.15) is 0 Å². The monoisotopic (exact) mass is 266 g/mol. The summed E-state index contributed by atoms with van der Waals surface area (Å²) in [6, 6.07) is 1.17. The van der Waals surface area contributed by atoms with Gasteiger partial charge in [0.25, 0.3) is 5.91 Å². The molecule has 1 aromatic rings. The molecule has 1 fully saturated rings. The summed E-state index contributed by atoms with van der Waals surface area (Å²) in [5.41, 5.74) is 0.235. The van der Waals surface area contributed by atoms with Crippen molar-refractivity contribution < 1.29 is 19.1 Å². The molecule has 1 N–H and O–H groups in total. The smallest absolute Gasteiger partial charge is 0.303 e. The maximum Gasteiger partial charge on any atom is 0.303 e. The number of carboxylic acids is 1. The molecule has 102 valence electrons. The molecular formula is C13H15FN2O3. The lowest BCUT2D eigenvalue weighted by molar-refractivity contribution is -0.137. The van der Waals surface area contributed by atoms with Crippen molar-refractivity contribution in [3.8, 4) is 0 Å². The molecule has 1 aliphatic rings. The number of rotatable bonds is 4. The van der Waals surface area contributed by atoms with Crippen LogP contribution in [0.5, 0.6) is 0 Å². The fourth-order valence-corrected chi connectivity index (χ4v) is 2.29. The molecule has 1 amide bonds. The Bertz CT molecular complexity index is 493. The number of aliphatic carboxylic acids is 1. The highest BCUT2D eigenvalue weighted by Crippen LogP contribution is 2.22. The second-order valence-corrected chi connectivity index (χ2v) is 4.73. The summed E-state index contributed by atoms with van der Waals surface area (Å²) in [7, 11) is 0. The average molecular weight is 266 g/mol. The molecule has 0 saturated carbocycles. The number of halogens is 1. The number of pyridine rings is 1. The zero-order valence-corrected chi connectivity index (χ0v) is 10.4. The number of hydrogen-bond donors (Lipinski definition) is 1. The van der Waals surface area contributed by atoms with Crippen molar-refractivity contribution in [1.82, 2.24) is 9.88 Å². The van der Waals surface area contributed by atoms with E-state index in [9.17, 15) is 14.0 Å². The van der Waals surface area contributed by atoms with Crippen LogP contribution in [0.25, 0.3) is 0 Å². The molecule has 1 atom stereocenters. The van der Waals surface area contributed by atoms with Crippen molar-refractivity contribution in [3.63, 3.8) is 0 Å². The Balaban J connectivity index is 1.93. The number of carbonyl (C=O) groups is 2. The Kier molecular flexibility index (Phi) is 4.09. The van der Waals surface area contributed by atoms with E-state index in [4.69, 9.17) is 5.11 Å². The lowest BCUT2D eigenvalue weighted by Crippen LogP contribution is -2.29. The van der Waals surface area contributed by atoms with Crippen LogP contribution in [0.2, 0.25) is 0 Å². The number of nitrogens with zero attached hydrogens (tertiary/aromatic N) is 2. The van der Waals surface area contributed by atoms with Crippen LogP contribution >= 0.6 is 0 Å². The van der Waals surface area contributed by atoms with E-state index in [-0.39, 0.29) is 23.8 Å². The molecule has 0 radical (unpaired) electrons. The fraction of sp³-hybridized carbons (Fsp3) is 0.462. The SMILES string of the molecule is O=C(O)CCC1CCN(C(=O)c2cncc(F)c2)C1. The predicted molar refractivity (Wildman–Crippen MR) is 65.1 cm³/mol. The number of likely N-dealkylation sites (tertiary alicyclic amines) is 1. The number of hydrogen-bond acceptors (Lipinski definition) is 3. The van der Waals surface area contributed by atoms with Gasteiger partial charge in [-0.1, -0.05) is 0 Å². The van der Waals surface area contributed by atoms with E-state index in [1.54, 1.807) is 4.90 Å². The van der Waals surface area contributed by atoms with Gasteiger partial charge in [-0.25, -0.2) is 4.39 Å². The normalized spacial score (nSPS) is 18.6. The van der Waals surface area contributed by atoms with Crippen LogP contribution < -0.4 is 0 Å². The molecule has 0 aliphatic carbocycles. The van der Waals surface area contributed by atoms with Gasteiger partial charge in [-0.05, 0) is 24.8 Å². The Morgan fingerprint density at radius 2 is 2.26 bits per heavy atom. The minimum absolute atomic E-state index is 0.119. The lowest BCUT2D eigenvalue weighted by Gasteiger charge is -2.16. The van der Waals surface area contributed by atoms with E-state index < -0.39 is 11.8 Å². The summed E-state index contributed by atoms with van der Waals surface area (Å²) in [6.45, 7) is 1.11. The largest absolute Gasteiger partial charge is 0.481 e. The van der Waals surface area contributed by atoms with Crippen molar-refractivity contribution in [3.05, 3.63) is 29.8 Å². The number of carbonyl (C=O) groups excluding carboxylic acids is 1. The maximum atomic E-state index is 13.0. The van der Waals surface area contributed by atoms with Gasteiger partial charge in [-0.3, -0.25) is 14.6 Å². The second kappa shape index (κ2) is 5.77. The van der Waals surface area contributed by atoms with Gasteiger partial charge in [0, 0.05) is 25.7 Å². The maximum absolute atomic E-state index is 13.0. The molecule has 6 heteroatoms. The molecule has 1 aliphatic heterocycles. The third kappa shape index (κ3) is 3.49. The second-order valence-electron chi connectivity index (χ2n) is 4.73. The van der Waals surface area contributed by atoms with Crippen molar-refractivity contribution >= 4 is 11.9 Å². The van der Waals surface area contributed by atoms with Crippen LogP contribution in [-0.4, -0.2) is 40.0 Å². The van der Waals surface area contributed by atoms with Gasteiger partial charge in [-0.15, -0.1) is 0 Å². The predicted octanol–water partition coefficient (Wildman–Crippen LogP) is 1.55. The molecule has 1 unspecified atom stereocenters. The number of amides is 1. The van der Waals surface area contributed by atoms with E-state index in [1.807, 2.05) is 0 Å². The highest BCUT2D eigenvalue weighted by atomic mass is 19.1. The fourth-order valence-electron chi connectivity index (χ4n) is 2.29. The standard InChI is InChI=1S/C13H15FN2O3/c14-11-5-10(6-15-7-11)13(19)16-4-3-9(8-16)1-2-12(17)18/h5-7,9H,1-4,8H2,(H,17,18). The lowest BCUT2D eigenvalue weighted by atomic mass is 10.0. The summed E-state index contributed by atoms with van der Waals surface area (Å²) in [6.07, 6.45) is 3.88. The Morgan fingerprint density at radius 3 is 2.95 bits per heavy atom. The van der Waals surface area contributed by atoms with Gasteiger partial charge in [0.1, 0.15) is 5.82 Å². The molecule has 2 heterocycles. The zero-order valence-electron chi connectivity index (χ0n) is 10.4. The van der Waals surface area contributed by atoms with Crippen LogP contribution in [0.4, 0.5) is 4.39 Å². The van der Waals surface area contributed by atoms with Gasteiger partial charge in [0.15, 0.2) is 0 Å². The van der Waals surface area contributed by atoms with E-state index in [0.29, 0.717) is 19.5 Å². The Morgan fingerprint density at radius 1 is 1.47 bits per heavy atom. The molecule has 5 nitrogen and oxygen atoms in total. The molecule has 1 aromatic heterocycles. The summed E-state index contributed by atoms with van der Waals surface area (Å²) < 4.78 is 13.0. The van der Waals surface area contributed by atoms with Crippen LogP contribution in [0.15, 0.2) is 18.5 Å². The molecule has 0 bridgehead atoms. The first-order chi connectivity index (χ1) is 9.06. The molecule has 0 spiro atoms. The molecule has 2 rings (SSSR count). The van der Waals surface area contributed by atoms with E-state index in [0.717, 1.165) is 12.6 Å². The molecule has 19 heavy (non-hydrogen) atoms. The van der Waals surface area contributed by atoms with Crippen LogP contribution in [-0.2, 0) is 4.79 Å². The van der Waals surface area contributed by atoms with Crippen molar-refractivity contribution in [2.45, 2.75) is 19.3 Å². The number of aromatic nitrogens is 1.